The average molecular weight is 290 g/mol. The summed E-state index contributed by atoms with van der Waals surface area (Å²) in [5, 5.41) is 2.62. The number of hydrogen-bond donors (Lipinski definition) is 1. The van der Waals surface area contributed by atoms with Crippen LogP contribution in [0, 0.1) is 0 Å². The zero-order valence-corrected chi connectivity index (χ0v) is 15.1. The van der Waals surface area contributed by atoms with E-state index >= 15 is 0 Å². The van der Waals surface area contributed by atoms with Crippen molar-refractivity contribution in [3.05, 3.63) is 48.5 Å². The van der Waals surface area contributed by atoms with Crippen LogP contribution in [-0.4, -0.2) is 16.5 Å². The van der Waals surface area contributed by atoms with Crippen LogP contribution in [0.5, 0.6) is 0 Å². The minimum absolute atomic E-state index is 0.981. The van der Waals surface area contributed by atoms with Gasteiger partial charge in [0.25, 0.3) is 0 Å². The highest BCUT2D eigenvalue weighted by atomic mass is 28.4. The van der Waals surface area contributed by atoms with E-state index in [2.05, 4.69) is 92.5 Å². The number of fused-ring (bicyclic) bond motifs is 1. The zero-order chi connectivity index (χ0) is 14.5. The summed E-state index contributed by atoms with van der Waals surface area (Å²) in [7, 11) is -1.96. The van der Waals surface area contributed by atoms with Crippen molar-refractivity contribution in [3.63, 3.8) is 0 Å². The molecule has 0 radical (unpaired) electrons. The Kier molecular flexibility index (Phi) is 5.53. The molecule has 0 aliphatic heterocycles. The molecule has 0 aliphatic carbocycles. The third-order valence-electron chi connectivity index (χ3n) is 2.41. The van der Waals surface area contributed by atoms with Crippen molar-refractivity contribution in [3.8, 4) is 0 Å². The van der Waals surface area contributed by atoms with Crippen molar-refractivity contribution in [2.45, 2.75) is 39.3 Å². The summed E-state index contributed by atoms with van der Waals surface area (Å²) in [6, 6.07) is 16.7. The molecule has 0 aliphatic rings. The van der Waals surface area contributed by atoms with Crippen LogP contribution in [0.1, 0.15) is 0 Å². The molecule has 0 heterocycles. The predicted octanol–water partition coefficient (Wildman–Crippen LogP) is 5.09. The van der Waals surface area contributed by atoms with E-state index in [1.54, 1.807) is 0 Å². The standard InChI is InChI=1S/C10H8.C6H19NSi2/c1-2-6-10-8-4-3-7-9(10)5-1;1-8(2,3)7-9(4,5)6/h1-8H;7H,1-6H3. The minimum Gasteiger partial charge on any atom is -0.360 e. The van der Waals surface area contributed by atoms with Gasteiger partial charge in [0.15, 0.2) is 0 Å². The Bertz CT molecular complexity index is 432. The van der Waals surface area contributed by atoms with Gasteiger partial charge in [-0.2, -0.15) is 0 Å². The van der Waals surface area contributed by atoms with Gasteiger partial charge in [0.2, 0.25) is 0 Å². The first-order chi connectivity index (χ1) is 8.67. The Hall–Kier alpha value is -0.906. The van der Waals surface area contributed by atoms with E-state index in [1.165, 1.54) is 10.8 Å². The molecule has 19 heavy (non-hydrogen) atoms. The van der Waals surface area contributed by atoms with E-state index in [1.807, 2.05) is 0 Å². The molecule has 0 aromatic heterocycles. The Morgan fingerprint density at radius 3 is 1.00 bits per heavy atom. The van der Waals surface area contributed by atoms with Gasteiger partial charge in [-0.15, -0.1) is 0 Å². The smallest absolute Gasteiger partial charge is 0.109 e. The van der Waals surface area contributed by atoms with Crippen molar-refractivity contribution < 1.29 is 0 Å². The molecule has 0 saturated carbocycles. The average Bonchev–Trinajstić information content (AvgIpc) is 2.25. The topological polar surface area (TPSA) is 12.0 Å². The van der Waals surface area contributed by atoms with Crippen LogP contribution in [0.25, 0.3) is 10.8 Å². The molecular weight excluding hydrogens is 262 g/mol. The van der Waals surface area contributed by atoms with E-state index in [0.29, 0.717) is 0 Å². The van der Waals surface area contributed by atoms with E-state index < -0.39 is 16.5 Å². The number of hydrogen-bond acceptors (Lipinski definition) is 1. The summed E-state index contributed by atoms with van der Waals surface area (Å²) in [5.41, 5.74) is 0. The fourth-order valence-corrected chi connectivity index (χ4v) is 11.3. The van der Waals surface area contributed by atoms with E-state index in [9.17, 15) is 0 Å². The first-order valence-electron chi connectivity index (χ1n) is 6.90. The second kappa shape index (κ2) is 6.50. The second-order valence-corrected chi connectivity index (χ2v) is 17.0. The van der Waals surface area contributed by atoms with Crippen molar-refractivity contribution >= 4 is 27.2 Å². The summed E-state index contributed by atoms with van der Waals surface area (Å²) in [6.45, 7) is 14.1. The fourth-order valence-electron chi connectivity index (χ4n) is 2.26. The van der Waals surface area contributed by atoms with Gasteiger partial charge >= 0.3 is 0 Å². The molecule has 104 valence electrons. The second-order valence-electron chi connectivity index (χ2n) is 6.97. The molecule has 0 spiro atoms. The van der Waals surface area contributed by atoms with Crippen LogP contribution in [0.2, 0.25) is 39.3 Å². The first kappa shape index (κ1) is 16.1. The van der Waals surface area contributed by atoms with Crippen LogP contribution in [0.15, 0.2) is 48.5 Å². The first-order valence-corrected chi connectivity index (χ1v) is 13.9. The van der Waals surface area contributed by atoms with E-state index in [-0.39, 0.29) is 0 Å². The lowest BCUT2D eigenvalue weighted by Gasteiger charge is -2.28. The van der Waals surface area contributed by atoms with Gasteiger partial charge in [0.1, 0.15) is 16.5 Å². The van der Waals surface area contributed by atoms with Crippen LogP contribution < -0.4 is 4.65 Å². The SMILES string of the molecule is C[Si](C)(C)N[Si](C)(C)C.c1ccc2ccccc2c1. The van der Waals surface area contributed by atoms with Gasteiger partial charge in [-0.1, -0.05) is 87.8 Å². The maximum absolute atomic E-state index is 3.74. The molecule has 0 bridgehead atoms. The van der Waals surface area contributed by atoms with Crippen LogP contribution in [0.4, 0.5) is 0 Å². The number of nitrogens with one attached hydrogen (secondary N) is 1. The zero-order valence-electron chi connectivity index (χ0n) is 13.1. The quantitative estimate of drug-likeness (QED) is 0.760. The molecule has 0 unspecified atom stereocenters. The summed E-state index contributed by atoms with van der Waals surface area (Å²) >= 11 is 0. The normalized spacial score (nSPS) is 11.9. The summed E-state index contributed by atoms with van der Waals surface area (Å²) in [5.74, 6) is 0. The predicted molar refractivity (Wildman–Crippen MR) is 93.8 cm³/mol. The van der Waals surface area contributed by atoms with Gasteiger partial charge < -0.3 is 4.65 Å². The molecule has 2 aromatic rings. The molecule has 0 amide bonds. The van der Waals surface area contributed by atoms with Gasteiger partial charge in [0, 0.05) is 0 Å². The van der Waals surface area contributed by atoms with Crippen LogP contribution >= 0.6 is 0 Å². The highest BCUT2D eigenvalue weighted by Gasteiger charge is 2.22. The Morgan fingerprint density at radius 1 is 0.579 bits per heavy atom. The maximum atomic E-state index is 3.74. The molecule has 1 nitrogen and oxygen atoms in total. The highest BCUT2D eigenvalue weighted by Crippen LogP contribution is 2.11. The monoisotopic (exact) mass is 289 g/mol. The van der Waals surface area contributed by atoms with Gasteiger partial charge in [0.05, 0.1) is 0 Å². The molecule has 3 heteroatoms. The largest absolute Gasteiger partial charge is 0.360 e. The fraction of sp³-hybridized carbons (Fsp3) is 0.375. The summed E-state index contributed by atoms with van der Waals surface area (Å²) < 4.78 is 3.74. The Balaban J connectivity index is 0.000000192. The molecule has 2 aromatic carbocycles. The Labute approximate surface area is 120 Å². The van der Waals surface area contributed by atoms with Gasteiger partial charge in [-0.3, -0.25) is 0 Å². The molecular formula is C16H27NSi2. The van der Waals surface area contributed by atoms with Crippen molar-refractivity contribution in [2.24, 2.45) is 0 Å². The van der Waals surface area contributed by atoms with Crippen molar-refractivity contribution in [2.75, 3.05) is 0 Å². The lowest BCUT2D eigenvalue weighted by Crippen LogP contribution is -2.55. The molecule has 1 N–H and O–H groups in total. The van der Waals surface area contributed by atoms with Crippen LogP contribution in [-0.2, 0) is 0 Å². The van der Waals surface area contributed by atoms with Crippen molar-refractivity contribution in [1.82, 2.24) is 4.65 Å². The third kappa shape index (κ3) is 7.30. The Morgan fingerprint density at radius 2 is 0.842 bits per heavy atom. The molecule has 0 atom stereocenters. The number of benzene rings is 2. The lowest BCUT2D eigenvalue weighted by atomic mass is 10.1. The van der Waals surface area contributed by atoms with E-state index in [4.69, 9.17) is 0 Å². The third-order valence-corrected chi connectivity index (χ3v) is 8.41. The van der Waals surface area contributed by atoms with Gasteiger partial charge in [-0.25, -0.2) is 0 Å². The van der Waals surface area contributed by atoms with Crippen molar-refractivity contribution in [1.29, 1.82) is 0 Å². The molecule has 2 rings (SSSR count). The number of rotatable bonds is 2. The van der Waals surface area contributed by atoms with E-state index in [0.717, 1.165) is 0 Å². The summed E-state index contributed by atoms with van der Waals surface area (Å²) in [6.07, 6.45) is 0. The summed E-state index contributed by atoms with van der Waals surface area (Å²) in [4.78, 5) is 0. The maximum Gasteiger partial charge on any atom is 0.109 e. The minimum atomic E-state index is -0.981. The van der Waals surface area contributed by atoms with Crippen LogP contribution in [0.3, 0.4) is 0 Å². The van der Waals surface area contributed by atoms with Gasteiger partial charge in [-0.05, 0) is 10.8 Å². The molecule has 0 fully saturated rings. The molecule has 0 saturated heterocycles. The highest BCUT2D eigenvalue weighted by molar-refractivity contribution is 6.90. The lowest BCUT2D eigenvalue weighted by molar-refractivity contribution is 1.30.